The van der Waals surface area contributed by atoms with Crippen LogP contribution >= 0.6 is 7.82 Å². The Morgan fingerprint density at radius 2 is 0.797 bits per heavy atom. The number of ether oxygens (including phenoxy) is 3. The Hall–Kier alpha value is -2.82. The summed E-state index contributed by atoms with van der Waals surface area (Å²) in [4.78, 5) is 48.2. The quantitative estimate of drug-likeness (QED) is 0.0197. The van der Waals surface area contributed by atoms with Crippen LogP contribution in [-0.2, 0) is 42.2 Å². The van der Waals surface area contributed by atoms with Crippen molar-refractivity contribution in [2.45, 2.75) is 226 Å². The zero-order valence-electron chi connectivity index (χ0n) is 40.5. The number of aliphatic hydroxyl groups excluding tert-OH is 1. The Bertz CT molecular complexity index is 1310. The molecule has 0 aliphatic heterocycles. The lowest BCUT2D eigenvalue weighted by Crippen LogP contribution is -2.30. The van der Waals surface area contributed by atoms with Crippen LogP contribution < -0.4 is 0 Å². The van der Waals surface area contributed by atoms with Gasteiger partial charge in [0.15, 0.2) is 6.10 Å². The molecule has 0 rings (SSSR count). The van der Waals surface area contributed by atoms with E-state index in [0.717, 1.165) is 135 Å². The maximum atomic E-state index is 12.8. The van der Waals surface area contributed by atoms with Crippen LogP contribution in [0.5, 0.6) is 0 Å². The van der Waals surface area contributed by atoms with E-state index in [0.29, 0.717) is 19.3 Å². The molecule has 64 heavy (non-hydrogen) atoms. The predicted molar refractivity (Wildman–Crippen MR) is 261 cm³/mol. The van der Waals surface area contributed by atoms with Gasteiger partial charge in [-0.2, -0.15) is 0 Å². The first-order chi connectivity index (χ1) is 31.2. The molecule has 0 amide bonds. The molecule has 0 bridgehead atoms. The van der Waals surface area contributed by atoms with Crippen molar-refractivity contribution >= 4 is 25.7 Å². The van der Waals surface area contributed by atoms with Gasteiger partial charge in [0.05, 0.1) is 19.8 Å². The maximum absolute atomic E-state index is 12.8. The van der Waals surface area contributed by atoms with Crippen molar-refractivity contribution in [3.05, 3.63) is 60.8 Å². The number of allylic oxidation sites excluding steroid dienone is 10. The van der Waals surface area contributed by atoms with Crippen LogP contribution in [0.1, 0.15) is 213 Å². The maximum Gasteiger partial charge on any atom is 0.472 e. The molecule has 12 heteroatoms. The smallest absolute Gasteiger partial charge is 0.462 e. The summed E-state index contributed by atoms with van der Waals surface area (Å²) >= 11 is 0. The van der Waals surface area contributed by atoms with Crippen LogP contribution in [0.2, 0.25) is 0 Å². The molecule has 3 atom stereocenters. The van der Waals surface area contributed by atoms with Crippen molar-refractivity contribution in [3.63, 3.8) is 0 Å². The largest absolute Gasteiger partial charge is 0.472 e. The van der Waals surface area contributed by atoms with Gasteiger partial charge < -0.3 is 24.2 Å². The molecule has 0 saturated carbocycles. The number of carbonyl (C=O) groups is 3. The van der Waals surface area contributed by atoms with Gasteiger partial charge in [-0.3, -0.25) is 23.4 Å². The molecule has 0 saturated heterocycles. The van der Waals surface area contributed by atoms with Gasteiger partial charge in [-0.15, -0.1) is 0 Å². The van der Waals surface area contributed by atoms with Crippen LogP contribution in [0, 0.1) is 0 Å². The lowest BCUT2D eigenvalue weighted by molar-refractivity contribution is -0.161. The first kappa shape index (κ1) is 61.2. The molecule has 3 unspecified atom stereocenters. The lowest BCUT2D eigenvalue weighted by atomic mass is 10.1. The minimum Gasteiger partial charge on any atom is -0.462 e. The standard InChI is InChI=1S/C52H91O11P/c1-4-7-10-13-16-19-22-24-27-29-32-35-38-41-50(54)59-45-49(63-52(56)43-40-37-34-31-28-25-23-20-17-14-11-8-5-2)47-61-64(57,58)60-46-48(44-53)62-51(55)42-39-36-33-30-26-21-18-15-12-9-6-3/h10-11,13-15,18-20,22-23,48-49,53H,4-9,12,16-17,21,24-47H2,1-3H3,(H,57,58)/b13-10-,14-11-,18-15-,22-19-,23-20-. The molecule has 0 aromatic rings. The number of rotatable bonds is 46. The number of esters is 3. The van der Waals surface area contributed by atoms with E-state index < -0.39 is 57.8 Å². The Kier molecular flexibility index (Phi) is 44.6. The van der Waals surface area contributed by atoms with Gasteiger partial charge in [-0.1, -0.05) is 165 Å². The van der Waals surface area contributed by atoms with Gasteiger partial charge in [-0.05, 0) is 89.9 Å². The first-order valence-corrected chi connectivity index (χ1v) is 26.7. The molecule has 0 aromatic heterocycles. The molecule has 370 valence electrons. The molecule has 11 nitrogen and oxygen atoms in total. The summed E-state index contributed by atoms with van der Waals surface area (Å²) < 4.78 is 39.2. The fourth-order valence-electron chi connectivity index (χ4n) is 6.47. The molecule has 0 heterocycles. The third kappa shape index (κ3) is 44.4. The molecule has 0 aromatic carbocycles. The van der Waals surface area contributed by atoms with Crippen molar-refractivity contribution in [2.24, 2.45) is 0 Å². The number of phosphoric ester groups is 1. The van der Waals surface area contributed by atoms with Gasteiger partial charge in [0.2, 0.25) is 0 Å². The van der Waals surface area contributed by atoms with E-state index in [1.807, 2.05) is 0 Å². The molecule has 0 aliphatic rings. The van der Waals surface area contributed by atoms with Crippen LogP contribution in [0.25, 0.3) is 0 Å². The summed E-state index contributed by atoms with van der Waals surface area (Å²) in [5.74, 6) is -1.51. The Morgan fingerprint density at radius 3 is 1.23 bits per heavy atom. The minimum atomic E-state index is -4.74. The summed E-state index contributed by atoms with van der Waals surface area (Å²) in [6.45, 7) is 4.41. The minimum absolute atomic E-state index is 0.147. The highest BCUT2D eigenvalue weighted by Crippen LogP contribution is 2.43. The van der Waals surface area contributed by atoms with Crippen molar-refractivity contribution in [3.8, 4) is 0 Å². The number of aliphatic hydroxyl groups is 1. The van der Waals surface area contributed by atoms with Crippen molar-refractivity contribution < 1.29 is 52.2 Å². The van der Waals surface area contributed by atoms with E-state index in [4.69, 9.17) is 23.3 Å². The second-order valence-corrected chi connectivity index (χ2v) is 18.1. The second kappa shape index (κ2) is 46.7. The van der Waals surface area contributed by atoms with Crippen LogP contribution in [0.3, 0.4) is 0 Å². The Morgan fingerprint density at radius 1 is 0.438 bits per heavy atom. The van der Waals surface area contributed by atoms with Crippen molar-refractivity contribution in [1.82, 2.24) is 0 Å². The van der Waals surface area contributed by atoms with E-state index in [-0.39, 0.29) is 25.9 Å². The molecule has 0 fully saturated rings. The van der Waals surface area contributed by atoms with Gasteiger partial charge in [0.25, 0.3) is 0 Å². The number of unbranched alkanes of at least 4 members (excludes halogenated alkanes) is 19. The fraction of sp³-hybridized carbons (Fsp3) is 0.750. The summed E-state index contributed by atoms with van der Waals surface area (Å²) in [6, 6.07) is 0. The average Bonchev–Trinajstić information content (AvgIpc) is 3.28. The zero-order chi connectivity index (χ0) is 47.0. The van der Waals surface area contributed by atoms with E-state index in [1.54, 1.807) is 0 Å². The summed E-state index contributed by atoms with van der Waals surface area (Å²) in [6.07, 6.45) is 47.6. The van der Waals surface area contributed by atoms with Gasteiger partial charge in [-0.25, -0.2) is 4.57 Å². The summed E-state index contributed by atoms with van der Waals surface area (Å²) in [5.41, 5.74) is 0. The molecule has 0 spiro atoms. The highest BCUT2D eigenvalue weighted by atomic mass is 31.2. The van der Waals surface area contributed by atoms with E-state index in [1.165, 1.54) is 19.3 Å². The van der Waals surface area contributed by atoms with Crippen molar-refractivity contribution in [1.29, 1.82) is 0 Å². The van der Waals surface area contributed by atoms with E-state index >= 15 is 0 Å². The Labute approximate surface area is 389 Å². The number of hydrogen-bond acceptors (Lipinski definition) is 10. The monoisotopic (exact) mass is 923 g/mol. The van der Waals surface area contributed by atoms with E-state index in [9.17, 15) is 28.9 Å². The highest BCUT2D eigenvalue weighted by Gasteiger charge is 2.28. The Balaban J connectivity index is 4.79. The normalized spacial score (nSPS) is 14.0. The SMILES string of the molecule is CCC/C=C\C/C=C\CCCCCCCC(=O)OCC(COP(=O)(O)OCC(CO)OC(=O)CCCCCCC/C=C\CCCC)OC(=O)CCCCCCC/C=C\C/C=C\CCC. The highest BCUT2D eigenvalue weighted by molar-refractivity contribution is 7.47. The lowest BCUT2D eigenvalue weighted by Gasteiger charge is -2.21. The molecular formula is C52H91O11P. The number of hydrogen-bond donors (Lipinski definition) is 2. The number of carbonyl (C=O) groups excluding carboxylic acids is 3. The summed E-state index contributed by atoms with van der Waals surface area (Å²) in [5, 5.41) is 9.75. The van der Waals surface area contributed by atoms with Crippen molar-refractivity contribution in [2.75, 3.05) is 26.4 Å². The summed E-state index contributed by atoms with van der Waals surface area (Å²) in [7, 11) is -4.74. The second-order valence-electron chi connectivity index (χ2n) is 16.6. The third-order valence-corrected chi connectivity index (χ3v) is 11.3. The topological polar surface area (TPSA) is 155 Å². The third-order valence-electron chi connectivity index (χ3n) is 10.3. The zero-order valence-corrected chi connectivity index (χ0v) is 41.4. The first-order valence-electron chi connectivity index (χ1n) is 25.2. The van der Waals surface area contributed by atoms with Crippen LogP contribution in [0.4, 0.5) is 0 Å². The molecule has 0 aliphatic carbocycles. The predicted octanol–water partition coefficient (Wildman–Crippen LogP) is 14.0. The molecular weight excluding hydrogens is 832 g/mol. The van der Waals surface area contributed by atoms with Gasteiger partial charge in [0.1, 0.15) is 12.7 Å². The molecule has 2 N–H and O–H groups in total. The van der Waals surface area contributed by atoms with Crippen LogP contribution in [-0.4, -0.2) is 66.5 Å². The van der Waals surface area contributed by atoms with Crippen LogP contribution in [0.15, 0.2) is 60.8 Å². The van der Waals surface area contributed by atoms with Gasteiger partial charge >= 0.3 is 25.7 Å². The average molecular weight is 923 g/mol. The van der Waals surface area contributed by atoms with E-state index in [2.05, 4.69) is 81.5 Å². The fourth-order valence-corrected chi connectivity index (χ4v) is 7.25. The molecule has 0 radical (unpaired) electrons. The van der Waals surface area contributed by atoms with Gasteiger partial charge in [0, 0.05) is 19.3 Å². The number of phosphoric acid groups is 1.